The molecule has 0 saturated carbocycles. The molecule has 0 spiro atoms. The van der Waals surface area contributed by atoms with E-state index >= 15 is 0 Å². The predicted octanol–water partition coefficient (Wildman–Crippen LogP) is -0.114. The maximum atomic E-state index is 11.0. The quantitative estimate of drug-likeness (QED) is 0.444. The second kappa shape index (κ2) is 8.51. The summed E-state index contributed by atoms with van der Waals surface area (Å²) in [4.78, 5) is 0. The van der Waals surface area contributed by atoms with Gasteiger partial charge in [0, 0.05) is 11.1 Å². The van der Waals surface area contributed by atoms with Crippen LogP contribution in [0.1, 0.15) is 22.3 Å². The van der Waals surface area contributed by atoms with Gasteiger partial charge in [-0.25, -0.2) is 0 Å². The molecule has 7 nitrogen and oxygen atoms in total. The Bertz CT molecular complexity index is 887. The molecule has 0 aliphatic carbocycles. The van der Waals surface area contributed by atoms with Crippen molar-refractivity contribution in [1.82, 2.24) is 0 Å². The van der Waals surface area contributed by atoms with Gasteiger partial charge in [-0.15, -0.1) is 6.42 Å². The van der Waals surface area contributed by atoms with E-state index in [0.717, 1.165) is 11.3 Å². The molecule has 1 aliphatic rings. The topological polar surface area (TPSA) is 120 Å². The van der Waals surface area contributed by atoms with E-state index in [4.69, 9.17) is 15.9 Å². The highest BCUT2D eigenvalue weighted by atomic mass is 16.7. The minimum Gasteiger partial charge on any atom is -0.497 e. The Kier molecular flexibility index (Phi) is 6.24. The van der Waals surface area contributed by atoms with Crippen molar-refractivity contribution in [2.45, 2.75) is 36.6 Å². The van der Waals surface area contributed by atoms with Crippen LogP contribution in [0.3, 0.4) is 0 Å². The first-order chi connectivity index (χ1) is 13.8. The van der Waals surface area contributed by atoms with E-state index < -0.39 is 36.8 Å². The maximum Gasteiger partial charge on any atom is 0.222 e. The highest BCUT2D eigenvalue weighted by Crippen LogP contribution is 2.37. The molecule has 0 radical (unpaired) electrons. The lowest BCUT2D eigenvalue weighted by atomic mass is 9.86. The Morgan fingerprint density at radius 2 is 1.79 bits per heavy atom. The number of rotatable bonds is 5. The van der Waals surface area contributed by atoms with Crippen molar-refractivity contribution in [3.63, 3.8) is 0 Å². The van der Waals surface area contributed by atoms with E-state index in [1.165, 1.54) is 6.07 Å². The lowest BCUT2D eigenvalue weighted by Gasteiger charge is -2.45. The zero-order valence-electron chi connectivity index (χ0n) is 15.9. The fourth-order valence-corrected chi connectivity index (χ4v) is 3.46. The Hall–Kier alpha value is -2.44. The molecule has 29 heavy (non-hydrogen) atoms. The first-order valence-corrected chi connectivity index (χ1v) is 9.12. The van der Waals surface area contributed by atoms with Gasteiger partial charge in [-0.05, 0) is 41.8 Å². The lowest BCUT2D eigenvalue weighted by molar-refractivity contribution is -0.357. The smallest absolute Gasteiger partial charge is 0.222 e. The largest absolute Gasteiger partial charge is 0.497 e. The third-order valence-electron chi connectivity index (χ3n) is 5.19. The fraction of sp³-hybridized carbons (Fsp3) is 0.364. The van der Waals surface area contributed by atoms with Crippen LogP contribution in [0.5, 0.6) is 5.75 Å². The molecule has 0 amide bonds. The van der Waals surface area contributed by atoms with Crippen molar-refractivity contribution in [1.29, 1.82) is 0 Å². The van der Waals surface area contributed by atoms with Gasteiger partial charge in [-0.1, -0.05) is 24.1 Å². The Labute approximate surface area is 168 Å². The van der Waals surface area contributed by atoms with Crippen LogP contribution in [0.4, 0.5) is 0 Å². The fourth-order valence-electron chi connectivity index (χ4n) is 3.46. The molecule has 0 unspecified atom stereocenters. The normalized spacial score (nSPS) is 29.3. The van der Waals surface area contributed by atoms with E-state index in [-0.39, 0.29) is 5.56 Å². The number of ether oxygens (including phenoxy) is 2. The second-order valence-corrected chi connectivity index (χ2v) is 7.00. The number of aliphatic hydroxyl groups excluding tert-OH is 4. The molecule has 0 bridgehead atoms. The molecule has 2 aromatic carbocycles. The molecule has 7 heteroatoms. The molecule has 5 atom stereocenters. The summed E-state index contributed by atoms with van der Waals surface area (Å²) >= 11 is 0. The van der Waals surface area contributed by atoms with Gasteiger partial charge >= 0.3 is 0 Å². The van der Waals surface area contributed by atoms with E-state index in [2.05, 4.69) is 5.92 Å². The second-order valence-electron chi connectivity index (χ2n) is 7.00. The molecule has 3 rings (SSSR count). The third-order valence-corrected chi connectivity index (χ3v) is 5.19. The van der Waals surface area contributed by atoms with Gasteiger partial charge in [-0.2, -0.15) is 0 Å². The van der Waals surface area contributed by atoms with Gasteiger partial charge in [-0.3, -0.25) is 0 Å². The van der Waals surface area contributed by atoms with Crippen LogP contribution < -0.4 is 4.74 Å². The summed E-state index contributed by atoms with van der Waals surface area (Å²) in [5.74, 6) is 0.981. The van der Waals surface area contributed by atoms with E-state index in [0.29, 0.717) is 17.5 Å². The molecule has 1 aliphatic heterocycles. The molecule has 2 aromatic rings. The first-order valence-electron chi connectivity index (χ1n) is 9.12. The zero-order chi connectivity index (χ0) is 21.2. The summed E-state index contributed by atoms with van der Waals surface area (Å²) in [6.45, 7) is -0.644. The highest BCUT2D eigenvalue weighted by Gasteiger charge is 2.53. The van der Waals surface area contributed by atoms with Crippen LogP contribution in [0.2, 0.25) is 0 Å². The third kappa shape index (κ3) is 4.00. The van der Waals surface area contributed by atoms with Crippen molar-refractivity contribution in [2.24, 2.45) is 0 Å². The SMILES string of the molecule is C#Cc1ccc([C@@]2(O)O[C@H](CO)[C@@H](O)[C@H](O)[C@H]2O)cc1Cc1ccc(OC)cc1. The molecular formula is C22H24O7. The van der Waals surface area contributed by atoms with Gasteiger partial charge in [0.25, 0.3) is 0 Å². The number of hydrogen-bond donors (Lipinski definition) is 5. The molecule has 5 N–H and O–H groups in total. The number of aliphatic hydroxyl groups is 5. The van der Waals surface area contributed by atoms with Crippen molar-refractivity contribution in [3.05, 3.63) is 64.7 Å². The number of methoxy groups -OCH3 is 1. The summed E-state index contributed by atoms with van der Waals surface area (Å²) < 4.78 is 10.5. The van der Waals surface area contributed by atoms with Crippen molar-refractivity contribution < 1.29 is 35.0 Å². The highest BCUT2D eigenvalue weighted by molar-refractivity contribution is 5.46. The molecular weight excluding hydrogens is 376 g/mol. The van der Waals surface area contributed by atoms with Gasteiger partial charge in [0.05, 0.1) is 13.7 Å². The zero-order valence-corrected chi connectivity index (χ0v) is 15.9. The first kappa shape index (κ1) is 21.3. The number of benzene rings is 2. The van der Waals surface area contributed by atoms with E-state index in [1.54, 1.807) is 19.2 Å². The van der Waals surface area contributed by atoms with Gasteiger partial charge < -0.3 is 35.0 Å². The maximum absolute atomic E-state index is 11.0. The van der Waals surface area contributed by atoms with E-state index in [9.17, 15) is 25.5 Å². The summed E-state index contributed by atoms with van der Waals surface area (Å²) in [7, 11) is 1.58. The van der Waals surface area contributed by atoms with Gasteiger partial charge in [0.1, 0.15) is 30.2 Å². The Morgan fingerprint density at radius 3 is 2.38 bits per heavy atom. The standard InChI is InChI=1S/C22H24O7/c1-3-14-6-7-16(11-15(14)10-13-4-8-17(28-2)9-5-13)22(27)21(26)20(25)19(24)18(12-23)29-22/h1,4-9,11,18-21,23-27H,10,12H2,2H3/t18-,19-,20+,21-,22-/m1/s1. The van der Waals surface area contributed by atoms with Crippen LogP contribution in [-0.2, 0) is 16.9 Å². The Balaban J connectivity index is 1.97. The number of hydrogen-bond acceptors (Lipinski definition) is 7. The van der Waals surface area contributed by atoms with Gasteiger partial charge in [0.15, 0.2) is 0 Å². The molecule has 154 valence electrons. The van der Waals surface area contributed by atoms with Crippen LogP contribution in [0.15, 0.2) is 42.5 Å². The minimum atomic E-state index is -2.33. The van der Waals surface area contributed by atoms with Crippen LogP contribution in [-0.4, -0.2) is 63.7 Å². The lowest BCUT2D eigenvalue weighted by Crippen LogP contribution is -2.63. The summed E-state index contributed by atoms with van der Waals surface area (Å²) in [6.07, 6.45) is -0.298. The van der Waals surface area contributed by atoms with Crippen LogP contribution >= 0.6 is 0 Å². The molecule has 0 aromatic heterocycles. The summed E-state index contributed by atoms with van der Waals surface area (Å²) in [5, 5.41) is 50.8. The van der Waals surface area contributed by atoms with Crippen molar-refractivity contribution in [2.75, 3.05) is 13.7 Å². The molecule has 1 saturated heterocycles. The molecule has 1 heterocycles. The average molecular weight is 400 g/mol. The predicted molar refractivity (Wildman–Crippen MR) is 104 cm³/mol. The van der Waals surface area contributed by atoms with Crippen LogP contribution in [0, 0.1) is 12.3 Å². The van der Waals surface area contributed by atoms with Gasteiger partial charge in [0.2, 0.25) is 5.79 Å². The Morgan fingerprint density at radius 1 is 1.10 bits per heavy atom. The monoisotopic (exact) mass is 400 g/mol. The summed E-state index contributed by atoms with van der Waals surface area (Å²) in [6, 6.07) is 12.1. The molecule has 1 fully saturated rings. The number of terminal acetylenes is 1. The minimum absolute atomic E-state index is 0.150. The van der Waals surface area contributed by atoms with Crippen molar-refractivity contribution >= 4 is 0 Å². The van der Waals surface area contributed by atoms with Crippen LogP contribution in [0.25, 0.3) is 0 Å². The van der Waals surface area contributed by atoms with E-state index in [1.807, 2.05) is 24.3 Å². The summed E-state index contributed by atoms with van der Waals surface area (Å²) in [5.41, 5.74) is 2.38. The average Bonchev–Trinajstić information content (AvgIpc) is 2.75. The van der Waals surface area contributed by atoms with Crippen molar-refractivity contribution in [3.8, 4) is 18.1 Å².